The molecule has 1 heterocycles. The molecule has 0 aliphatic carbocycles. The van der Waals surface area contributed by atoms with Gasteiger partial charge in [-0.25, -0.2) is 0 Å². The van der Waals surface area contributed by atoms with Gasteiger partial charge in [0.25, 0.3) is 5.91 Å². The van der Waals surface area contributed by atoms with Gasteiger partial charge in [0.15, 0.2) is 0 Å². The van der Waals surface area contributed by atoms with Crippen molar-refractivity contribution < 1.29 is 14.6 Å². The van der Waals surface area contributed by atoms with Gasteiger partial charge in [-0.1, -0.05) is 12.1 Å². The van der Waals surface area contributed by atoms with Crippen LogP contribution in [0, 0.1) is 17.2 Å². The number of aliphatic hydroxyl groups is 1. The normalized spacial score (nSPS) is 18.4. The fourth-order valence-electron chi connectivity index (χ4n) is 2.70. The van der Waals surface area contributed by atoms with Crippen molar-refractivity contribution in [2.24, 2.45) is 5.92 Å². The standard InChI is InChI=1S/C18H22N2O3/c1-2-23-17-7-5-14(6-8-17)10-16(11-19)18(22)20-9-3-4-15(12-20)13-21/h5-8,10,15,21H,2-4,9,12-13H2,1H3/b16-10-. The van der Waals surface area contributed by atoms with Gasteiger partial charge >= 0.3 is 0 Å². The summed E-state index contributed by atoms with van der Waals surface area (Å²) in [7, 11) is 0. The first-order chi connectivity index (χ1) is 11.2. The zero-order chi connectivity index (χ0) is 16.7. The summed E-state index contributed by atoms with van der Waals surface area (Å²) in [4.78, 5) is 14.2. The van der Waals surface area contributed by atoms with Crippen LogP contribution in [0.3, 0.4) is 0 Å². The number of ether oxygens (including phenoxy) is 1. The molecule has 0 saturated carbocycles. The number of amides is 1. The highest BCUT2D eigenvalue weighted by atomic mass is 16.5. The van der Waals surface area contributed by atoms with Crippen LogP contribution in [0.1, 0.15) is 25.3 Å². The van der Waals surface area contributed by atoms with E-state index >= 15 is 0 Å². The van der Waals surface area contributed by atoms with Crippen molar-refractivity contribution in [2.75, 3.05) is 26.3 Å². The molecule has 1 atom stereocenters. The van der Waals surface area contributed by atoms with Gasteiger partial charge in [0, 0.05) is 19.7 Å². The zero-order valence-electron chi connectivity index (χ0n) is 13.4. The van der Waals surface area contributed by atoms with Gasteiger partial charge in [-0.15, -0.1) is 0 Å². The number of benzene rings is 1. The second-order valence-electron chi connectivity index (χ2n) is 5.61. The SMILES string of the molecule is CCOc1ccc(/C=C(/C#N)C(=O)N2CCCC(CO)C2)cc1. The predicted octanol–water partition coefficient (Wildman–Crippen LogP) is 2.22. The van der Waals surface area contributed by atoms with E-state index < -0.39 is 0 Å². The third-order valence-electron chi connectivity index (χ3n) is 3.92. The minimum atomic E-state index is -0.264. The van der Waals surface area contributed by atoms with Crippen molar-refractivity contribution in [3.63, 3.8) is 0 Å². The second kappa shape index (κ2) is 8.35. The Morgan fingerprint density at radius 2 is 2.22 bits per heavy atom. The van der Waals surface area contributed by atoms with Gasteiger partial charge in [0.05, 0.1) is 6.61 Å². The molecular formula is C18H22N2O3. The van der Waals surface area contributed by atoms with Crippen LogP contribution in [0.25, 0.3) is 6.08 Å². The summed E-state index contributed by atoms with van der Waals surface area (Å²) >= 11 is 0. The lowest BCUT2D eigenvalue weighted by atomic mass is 9.98. The van der Waals surface area contributed by atoms with Crippen LogP contribution in [0.4, 0.5) is 0 Å². The zero-order valence-corrected chi connectivity index (χ0v) is 13.4. The number of hydrogen-bond acceptors (Lipinski definition) is 4. The Hall–Kier alpha value is -2.32. The maximum atomic E-state index is 12.5. The van der Waals surface area contributed by atoms with E-state index in [1.807, 2.05) is 37.3 Å². The van der Waals surface area contributed by atoms with Gasteiger partial charge in [0.1, 0.15) is 17.4 Å². The van der Waals surface area contributed by atoms with Crippen LogP contribution in [0.5, 0.6) is 5.75 Å². The number of rotatable bonds is 5. The van der Waals surface area contributed by atoms with E-state index in [1.165, 1.54) is 0 Å². The van der Waals surface area contributed by atoms with Crippen LogP contribution in [-0.2, 0) is 4.79 Å². The third-order valence-corrected chi connectivity index (χ3v) is 3.92. The highest BCUT2D eigenvalue weighted by Gasteiger charge is 2.25. The number of hydrogen-bond donors (Lipinski definition) is 1. The molecule has 5 heteroatoms. The van der Waals surface area contributed by atoms with Crippen LogP contribution in [-0.4, -0.2) is 42.2 Å². The molecule has 1 amide bonds. The van der Waals surface area contributed by atoms with Crippen molar-refractivity contribution in [2.45, 2.75) is 19.8 Å². The molecule has 1 aliphatic rings. The smallest absolute Gasteiger partial charge is 0.264 e. The highest BCUT2D eigenvalue weighted by Crippen LogP contribution is 2.19. The van der Waals surface area contributed by atoms with Gasteiger partial charge in [-0.2, -0.15) is 5.26 Å². The highest BCUT2D eigenvalue weighted by molar-refractivity contribution is 6.01. The van der Waals surface area contributed by atoms with Gasteiger partial charge < -0.3 is 14.7 Å². The van der Waals surface area contributed by atoms with Crippen molar-refractivity contribution in [3.05, 3.63) is 35.4 Å². The second-order valence-corrected chi connectivity index (χ2v) is 5.61. The maximum Gasteiger partial charge on any atom is 0.264 e. The van der Waals surface area contributed by atoms with Crippen LogP contribution in [0.15, 0.2) is 29.8 Å². The molecule has 1 aliphatic heterocycles. The summed E-state index contributed by atoms with van der Waals surface area (Å²) in [5.41, 5.74) is 0.904. The molecule has 1 aromatic rings. The number of nitriles is 1. The first-order valence-electron chi connectivity index (χ1n) is 7.92. The Morgan fingerprint density at radius 3 is 2.83 bits per heavy atom. The Kier molecular flexibility index (Phi) is 6.19. The van der Waals surface area contributed by atoms with E-state index in [9.17, 15) is 15.2 Å². The molecule has 1 saturated heterocycles. The molecule has 23 heavy (non-hydrogen) atoms. The Labute approximate surface area is 136 Å². The third kappa shape index (κ3) is 4.57. The topological polar surface area (TPSA) is 73.6 Å². The molecule has 2 rings (SSSR count). The van der Waals surface area contributed by atoms with E-state index in [2.05, 4.69) is 0 Å². The summed E-state index contributed by atoms with van der Waals surface area (Å²) in [5.74, 6) is 0.606. The molecular weight excluding hydrogens is 292 g/mol. The Balaban J connectivity index is 2.11. The largest absolute Gasteiger partial charge is 0.494 e. The minimum absolute atomic E-state index is 0.0777. The maximum absolute atomic E-state index is 12.5. The first kappa shape index (κ1) is 17.0. The number of aliphatic hydroxyl groups excluding tert-OH is 1. The Morgan fingerprint density at radius 1 is 1.48 bits per heavy atom. The number of likely N-dealkylation sites (tertiary alicyclic amines) is 1. The van der Waals surface area contributed by atoms with Gasteiger partial charge in [-0.3, -0.25) is 4.79 Å². The van der Waals surface area contributed by atoms with Crippen molar-refractivity contribution in [1.29, 1.82) is 5.26 Å². The summed E-state index contributed by atoms with van der Waals surface area (Å²) in [6.07, 6.45) is 3.38. The fourth-order valence-corrected chi connectivity index (χ4v) is 2.70. The molecule has 1 unspecified atom stereocenters. The van der Waals surface area contributed by atoms with Crippen LogP contribution >= 0.6 is 0 Å². The van der Waals surface area contributed by atoms with E-state index in [0.29, 0.717) is 19.7 Å². The fraction of sp³-hybridized carbons (Fsp3) is 0.444. The Bertz CT molecular complexity index is 602. The predicted molar refractivity (Wildman–Crippen MR) is 87.6 cm³/mol. The molecule has 0 radical (unpaired) electrons. The summed E-state index contributed by atoms with van der Waals surface area (Å²) in [6.45, 7) is 3.74. The summed E-state index contributed by atoms with van der Waals surface area (Å²) in [5, 5.41) is 18.6. The van der Waals surface area contributed by atoms with E-state index in [0.717, 1.165) is 24.2 Å². The van der Waals surface area contributed by atoms with Crippen LogP contribution in [0.2, 0.25) is 0 Å². The summed E-state index contributed by atoms with van der Waals surface area (Å²) in [6, 6.07) is 9.27. The van der Waals surface area contributed by atoms with E-state index in [4.69, 9.17) is 4.74 Å². The number of carbonyl (C=O) groups excluding carboxylic acids is 1. The molecule has 1 N–H and O–H groups in total. The lowest BCUT2D eigenvalue weighted by Crippen LogP contribution is -2.41. The molecule has 1 aromatic carbocycles. The van der Waals surface area contributed by atoms with Crippen molar-refractivity contribution in [3.8, 4) is 11.8 Å². The number of nitrogens with zero attached hydrogens (tertiary/aromatic N) is 2. The van der Waals surface area contributed by atoms with Crippen LogP contribution < -0.4 is 4.74 Å². The van der Waals surface area contributed by atoms with Crippen molar-refractivity contribution in [1.82, 2.24) is 4.90 Å². The van der Waals surface area contributed by atoms with Gasteiger partial charge in [0.2, 0.25) is 0 Å². The number of piperidine rings is 1. The number of carbonyl (C=O) groups is 1. The molecule has 0 bridgehead atoms. The lowest BCUT2D eigenvalue weighted by molar-refractivity contribution is -0.128. The molecule has 122 valence electrons. The molecule has 1 fully saturated rings. The minimum Gasteiger partial charge on any atom is -0.494 e. The molecule has 0 spiro atoms. The lowest BCUT2D eigenvalue weighted by Gasteiger charge is -2.31. The van der Waals surface area contributed by atoms with E-state index in [1.54, 1.807) is 11.0 Å². The molecule has 5 nitrogen and oxygen atoms in total. The average Bonchev–Trinajstić information content (AvgIpc) is 2.60. The monoisotopic (exact) mass is 314 g/mol. The van der Waals surface area contributed by atoms with Gasteiger partial charge in [-0.05, 0) is 49.5 Å². The quantitative estimate of drug-likeness (QED) is 0.668. The summed E-state index contributed by atoms with van der Waals surface area (Å²) < 4.78 is 5.37. The van der Waals surface area contributed by atoms with E-state index in [-0.39, 0.29) is 24.0 Å². The van der Waals surface area contributed by atoms with Crippen molar-refractivity contribution >= 4 is 12.0 Å². The molecule has 0 aromatic heterocycles. The first-order valence-corrected chi connectivity index (χ1v) is 7.92. The average molecular weight is 314 g/mol.